The van der Waals surface area contributed by atoms with Gasteiger partial charge in [-0.25, -0.2) is 9.78 Å². The van der Waals surface area contributed by atoms with Crippen LogP contribution in [0.3, 0.4) is 0 Å². The molecule has 1 N–H and O–H groups in total. The SMILES string of the molecule is O=C(Nc1cccc(C(F)(F)F)c1)N(CCBr)c1nc(-c2cccc(Cl)c2)cs1. The van der Waals surface area contributed by atoms with Gasteiger partial charge in [0.05, 0.1) is 11.3 Å². The fraction of sp³-hybridized carbons (Fsp3) is 0.158. The first-order valence-corrected chi connectivity index (χ1v) is 10.7. The lowest BCUT2D eigenvalue weighted by Crippen LogP contribution is -2.36. The number of carbonyl (C=O) groups is 1. The number of amides is 2. The third-order valence-electron chi connectivity index (χ3n) is 3.84. The zero-order valence-corrected chi connectivity index (χ0v) is 17.9. The van der Waals surface area contributed by atoms with Crippen molar-refractivity contribution in [3.8, 4) is 11.3 Å². The lowest BCUT2D eigenvalue weighted by molar-refractivity contribution is -0.137. The third kappa shape index (κ3) is 5.49. The van der Waals surface area contributed by atoms with Gasteiger partial charge >= 0.3 is 12.2 Å². The number of hydrogen-bond acceptors (Lipinski definition) is 3. The number of urea groups is 1. The standard InChI is InChI=1S/C19H14BrClF3N3OS/c20-7-8-27(17(28)25-15-6-2-4-13(10-15)19(22,23)24)18-26-16(11-29-18)12-3-1-5-14(21)9-12/h1-6,9-11H,7-8H2,(H,25,28). The number of hydrogen-bond donors (Lipinski definition) is 1. The minimum atomic E-state index is -4.49. The van der Waals surface area contributed by atoms with Crippen LogP contribution in [0.4, 0.5) is 28.8 Å². The highest BCUT2D eigenvalue weighted by Crippen LogP contribution is 2.32. The van der Waals surface area contributed by atoms with Crippen LogP contribution in [0, 0.1) is 0 Å². The molecule has 0 radical (unpaired) electrons. The van der Waals surface area contributed by atoms with Crippen molar-refractivity contribution in [2.75, 3.05) is 22.1 Å². The fourth-order valence-corrected chi connectivity index (χ4v) is 3.90. The van der Waals surface area contributed by atoms with Crippen LogP contribution < -0.4 is 10.2 Å². The molecule has 2 amide bonds. The molecule has 10 heteroatoms. The summed E-state index contributed by atoms with van der Waals surface area (Å²) in [7, 11) is 0. The molecule has 2 aromatic carbocycles. The summed E-state index contributed by atoms with van der Waals surface area (Å²) in [6.07, 6.45) is -4.49. The van der Waals surface area contributed by atoms with Gasteiger partial charge in [0.15, 0.2) is 5.13 Å². The van der Waals surface area contributed by atoms with E-state index in [-0.39, 0.29) is 12.2 Å². The minimum Gasteiger partial charge on any atom is -0.307 e. The molecule has 0 spiro atoms. The normalized spacial score (nSPS) is 11.3. The van der Waals surface area contributed by atoms with Crippen LogP contribution in [0.25, 0.3) is 11.3 Å². The number of nitrogens with zero attached hydrogens (tertiary/aromatic N) is 2. The van der Waals surface area contributed by atoms with Crippen molar-refractivity contribution in [1.82, 2.24) is 4.98 Å². The van der Waals surface area contributed by atoms with Crippen LogP contribution in [0.15, 0.2) is 53.9 Å². The first-order chi connectivity index (χ1) is 13.8. The lowest BCUT2D eigenvalue weighted by atomic mass is 10.2. The van der Waals surface area contributed by atoms with Crippen molar-refractivity contribution in [3.63, 3.8) is 0 Å². The van der Waals surface area contributed by atoms with E-state index in [9.17, 15) is 18.0 Å². The van der Waals surface area contributed by atoms with E-state index >= 15 is 0 Å². The average molecular weight is 505 g/mol. The van der Waals surface area contributed by atoms with E-state index in [4.69, 9.17) is 11.6 Å². The molecule has 0 bridgehead atoms. The summed E-state index contributed by atoms with van der Waals surface area (Å²) in [5.74, 6) is 0. The van der Waals surface area contributed by atoms with Gasteiger partial charge in [-0.05, 0) is 30.3 Å². The second kappa shape index (κ2) is 9.15. The highest BCUT2D eigenvalue weighted by atomic mass is 79.9. The maximum Gasteiger partial charge on any atom is 0.416 e. The number of benzene rings is 2. The Morgan fingerprint density at radius 1 is 1.21 bits per heavy atom. The number of halogens is 5. The smallest absolute Gasteiger partial charge is 0.307 e. The van der Waals surface area contributed by atoms with E-state index in [1.54, 1.807) is 23.6 Å². The number of nitrogens with one attached hydrogen (secondary N) is 1. The maximum absolute atomic E-state index is 12.9. The topological polar surface area (TPSA) is 45.2 Å². The molecule has 0 unspecified atom stereocenters. The summed E-state index contributed by atoms with van der Waals surface area (Å²) < 4.78 is 38.7. The van der Waals surface area contributed by atoms with Crippen LogP contribution >= 0.6 is 38.9 Å². The first kappa shape index (κ1) is 21.6. The quantitative estimate of drug-likeness (QED) is 0.384. The molecule has 0 fully saturated rings. The van der Waals surface area contributed by atoms with Crippen LogP contribution in [0.5, 0.6) is 0 Å². The van der Waals surface area contributed by atoms with E-state index in [1.807, 2.05) is 6.07 Å². The Hall–Kier alpha value is -2.10. The predicted octanol–water partition coefficient (Wildman–Crippen LogP) is 6.92. The van der Waals surface area contributed by atoms with Crippen molar-refractivity contribution in [1.29, 1.82) is 0 Å². The Balaban J connectivity index is 1.82. The van der Waals surface area contributed by atoms with Gasteiger partial charge in [-0.15, -0.1) is 11.3 Å². The molecular weight excluding hydrogens is 491 g/mol. The predicted molar refractivity (Wildman–Crippen MR) is 114 cm³/mol. The van der Waals surface area contributed by atoms with Crippen molar-refractivity contribution in [3.05, 3.63) is 64.5 Å². The van der Waals surface area contributed by atoms with Gasteiger partial charge in [0.1, 0.15) is 0 Å². The fourth-order valence-electron chi connectivity index (χ4n) is 2.50. The lowest BCUT2D eigenvalue weighted by Gasteiger charge is -2.19. The van der Waals surface area contributed by atoms with E-state index in [0.29, 0.717) is 21.2 Å². The van der Waals surface area contributed by atoms with E-state index in [1.165, 1.54) is 28.4 Å². The monoisotopic (exact) mass is 503 g/mol. The third-order valence-corrected chi connectivity index (χ3v) is 5.29. The highest BCUT2D eigenvalue weighted by Gasteiger charge is 2.30. The number of rotatable bonds is 5. The van der Waals surface area contributed by atoms with Gasteiger partial charge in [-0.3, -0.25) is 4.90 Å². The second-order valence-corrected chi connectivity index (χ2v) is 7.94. The molecule has 0 saturated carbocycles. The van der Waals surface area contributed by atoms with Crippen molar-refractivity contribution in [2.45, 2.75) is 6.18 Å². The molecule has 1 aromatic heterocycles. The van der Waals surface area contributed by atoms with Crippen molar-refractivity contribution >= 4 is 55.7 Å². The van der Waals surface area contributed by atoms with E-state index in [2.05, 4.69) is 26.2 Å². The van der Waals surface area contributed by atoms with Crippen molar-refractivity contribution in [2.24, 2.45) is 0 Å². The van der Waals surface area contributed by atoms with E-state index < -0.39 is 17.8 Å². The molecular formula is C19H14BrClF3N3OS. The Morgan fingerprint density at radius 2 is 1.97 bits per heavy atom. The minimum absolute atomic E-state index is 0.0519. The van der Waals surface area contributed by atoms with Gasteiger partial charge in [0.25, 0.3) is 0 Å². The Kier molecular flexibility index (Phi) is 6.81. The molecule has 4 nitrogen and oxygen atoms in total. The summed E-state index contributed by atoms with van der Waals surface area (Å²) in [6.45, 7) is 0.285. The number of anilines is 2. The number of alkyl halides is 4. The zero-order chi connectivity index (χ0) is 21.0. The molecule has 0 aliphatic heterocycles. The maximum atomic E-state index is 12.9. The molecule has 1 heterocycles. The summed E-state index contributed by atoms with van der Waals surface area (Å²) in [4.78, 5) is 18.6. The van der Waals surface area contributed by atoms with Crippen LogP contribution in [-0.2, 0) is 6.18 Å². The van der Waals surface area contributed by atoms with E-state index in [0.717, 1.165) is 17.7 Å². The Bertz CT molecular complexity index is 1010. The zero-order valence-electron chi connectivity index (χ0n) is 14.7. The average Bonchev–Trinajstić information content (AvgIpc) is 3.15. The molecule has 3 rings (SSSR count). The van der Waals surface area contributed by atoms with Crippen LogP contribution in [0.2, 0.25) is 5.02 Å². The summed E-state index contributed by atoms with van der Waals surface area (Å²) >= 11 is 10.6. The molecule has 0 aliphatic carbocycles. The van der Waals surface area contributed by atoms with Crippen LogP contribution in [0.1, 0.15) is 5.56 Å². The Morgan fingerprint density at radius 3 is 2.66 bits per heavy atom. The Labute approximate surface area is 182 Å². The molecule has 152 valence electrons. The summed E-state index contributed by atoms with van der Waals surface area (Å²) in [5, 5.41) is 5.75. The summed E-state index contributed by atoms with van der Waals surface area (Å²) in [6, 6.07) is 11.1. The van der Waals surface area contributed by atoms with Crippen LogP contribution in [-0.4, -0.2) is 22.9 Å². The van der Waals surface area contributed by atoms with Crippen molar-refractivity contribution < 1.29 is 18.0 Å². The number of thiazole rings is 1. The second-order valence-electron chi connectivity index (χ2n) is 5.88. The molecule has 29 heavy (non-hydrogen) atoms. The summed E-state index contributed by atoms with van der Waals surface area (Å²) in [5.41, 5.74) is 0.673. The largest absolute Gasteiger partial charge is 0.416 e. The molecule has 3 aromatic rings. The number of carbonyl (C=O) groups excluding carboxylic acids is 1. The molecule has 0 saturated heterocycles. The van der Waals surface area contributed by atoms with Gasteiger partial charge in [-0.1, -0.05) is 45.7 Å². The molecule has 0 atom stereocenters. The van der Waals surface area contributed by atoms with Gasteiger partial charge in [0, 0.05) is 33.5 Å². The first-order valence-electron chi connectivity index (χ1n) is 8.31. The highest BCUT2D eigenvalue weighted by molar-refractivity contribution is 9.09. The number of aromatic nitrogens is 1. The van der Waals surface area contributed by atoms with Gasteiger partial charge < -0.3 is 5.32 Å². The van der Waals surface area contributed by atoms with Gasteiger partial charge in [-0.2, -0.15) is 13.2 Å². The van der Waals surface area contributed by atoms with Gasteiger partial charge in [0.2, 0.25) is 0 Å². The molecule has 0 aliphatic rings.